The lowest BCUT2D eigenvalue weighted by Crippen LogP contribution is -2.48. The van der Waals surface area contributed by atoms with Crippen molar-refractivity contribution < 1.29 is 15.2 Å². The Hall–Kier alpha value is -3.00. The Bertz CT molecular complexity index is 1140. The van der Waals surface area contributed by atoms with Crippen molar-refractivity contribution in [1.29, 1.82) is 0 Å². The number of aryl methyl sites for hydroxylation is 2. The van der Waals surface area contributed by atoms with Crippen LogP contribution in [0.15, 0.2) is 48.5 Å². The van der Waals surface area contributed by atoms with Crippen molar-refractivity contribution in [1.82, 2.24) is 14.9 Å². The van der Waals surface area contributed by atoms with Gasteiger partial charge in [-0.3, -0.25) is 0 Å². The van der Waals surface area contributed by atoms with Gasteiger partial charge in [-0.15, -0.1) is 15.8 Å². The van der Waals surface area contributed by atoms with E-state index in [1.54, 1.807) is 12.1 Å². The minimum atomic E-state index is -1.56. The molecule has 3 aromatic rings. The van der Waals surface area contributed by atoms with Gasteiger partial charge < -0.3 is 4.74 Å². The molecule has 180 valence electrons. The summed E-state index contributed by atoms with van der Waals surface area (Å²) in [5.74, 6) is 1.71. The van der Waals surface area contributed by atoms with E-state index < -0.39 is 4.92 Å². The van der Waals surface area contributed by atoms with Crippen molar-refractivity contribution in [2.24, 2.45) is 17.8 Å². The van der Waals surface area contributed by atoms with E-state index in [1.165, 1.54) is 0 Å². The lowest BCUT2D eigenvalue weighted by Gasteiger charge is -2.27. The summed E-state index contributed by atoms with van der Waals surface area (Å²) >= 11 is 0. The molecule has 2 heterocycles. The van der Waals surface area contributed by atoms with Gasteiger partial charge in [0.2, 0.25) is 11.6 Å². The fourth-order valence-electron chi connectivity index (χ4n) is 4.83. The maximum atomic E-state index is 10.9. The average molecular weight is 464 g/mol. The Morgan fingerprint density at radius 1 is 1.03 bits per heavy atom. The number of fused-ring (bicyclic) bond motifs is 4. The lowest BCUT2D eigenvalue weighted by atomic mass is 9.83. The third kappa shape index (κ3) is 5.38. The molecule has 0 aliphatic carbocycles. The number of hydrogen-bond acceptors (Lipinski definition) is 6. The van der Waals surface area contributed by atoms with E-state index >= 15 is 0 Å². The van der Waals surface area contributed by atoms with Gasteiger partial charge in [-0.05, 0) is 61.1 Å². The smallest absolute Gasteiger partial charge is 0.279 e. The first kappa shape index (κ1) is 24.1. The van der Waals surface area contributed by atoms with Gasteiger partial charge in [-0.1, -0.05) is 51.1 Å². The number of benzene rings is 2. The fraction of sp³-hybridized carbons (Fsp3) is 0.407. The van der Waals surface area contributed by atoms with Crippen molar-refractivity contribution in [3.05, 3.63) is 65.2 Å². The van der Waals surface area contributed by atoms with Crippen molar-refractivity contribution in [2.45, 2.75) is 47.5 Å². The topological polar surface area (TPSA) is 87.5 Å². The van der Waals surface area contributed by atoms with Crippen molar-refractivity contribution in [3.63, 3.8) is 0 Å². The fourth-order valence-corrected chi connectivity index (χ4v) is 4.83. The number of rotatable bonds is 4. The first-order valence-corrected chi connectivity index (χ1v) is 11.9. The Balaban J connectivity index is 1.81. The number of quaternary nitrogens is 1. The predicted molar refractivity (Wildman–Crippen MR) is 134 cm³/mol. The van der Waals surface area contributed by atoms with E-state index in [-0.39, 0.29) is 17.6 Å². The Morgan fingerprint density at radius 3 is 2.44 bits per heavy atom. The number of ether oxygens (including phenoxy) is 1. The second-order valence-electron chi connectivity index (χ2n) is 9.95. The van der Waals surface area contributed by atoms with Crippen LogP contribution in [0.1, 0.15) is 43.9 Å². The molecule has 2 aromatic carbocycles. The molecule has 0 spiro atoms. The monoisotopic (exact) mass is 463 g/mol. The van der Waals surface area contributed by atoms with Crippen LogP contribution in [-0.2, 0) is 6.42 Å². The third-order valence-corrected chi connectivity index (χ3v) is 6.56. The molecule has 1 aliphatic heterocycles. The molecule has 4 bridgehead atoms. The standard InChI is InChI=1S/C27H35N4O3/c1-17(2)12-20(5)22-13-21-10-7-11-23(14-21)31(32,33)30-27-28-24(15-25(29-27)34-16-22)26-18(3)8-6-9-19(26)4/h6-11,14-15,17,20,22,32-33H,12-13,16H2,1-5H3,(H,28,29,30)/q+1. The highest BCUT2D eigenvalue weighted by Gasteiger charge is 2.31. The molecule has 4 rings (SSSR count). The van der Waals surface area contributed by atoms with Crippen LogP contribution in [0, 0.1) is 31.6 Å². The first-order chi connectivity index (χ1) is 16.1. The van der Waals surface area contributed by atoms with Crippen LogP contribution >= 0.6 is 0 Å². The summed E-state index contributed by atoms with van der Waals surface area (Å²) in [5.41, 5.74) is 7.74. The van der Waals surface area contributed by atoms with Gasteiger partial charge in [0.15, 0.2) is 0 Å². The molecule has 34 heavy (non-hydrogen) atoms. The Labute approximate surface area is 201 Å². The zero-order valence-corrected chi connectivity index (χ0v) is 20.6. The summed E-state index contributed by atoms with van der Waals surface area (Å²) in [7, 11) is 0. The van der Waals surface area contributed by atoms with Crippen LogP contribution in [0.5, 0.6) is 5.88 Å². The zero-order valence-electron chi connectivity index (χ0n) is 20.6. The summed E-state index contributed by atoms with van der Waals surface area (Å²) in [6, 6.07) is 15.2. The van der Waals surface area contributed by atoms with Gasteiger partial charge in [0.1, 0.15) is 0 Å². The van der Waals surface area contributed by atoms with E-state index in [4.69, 9.17) is 4.74 Å². The molecule has 7 heteroatoms. The van der Waals surface area contributed by atoms with Gasteiger partial charge in [0.25, 0.3) is 5.95 Å². The van der Waals surface area contributed by atoms with Crippen molar-refractivity contribution in [2.75, 3.05) is 12.0 Å². The Morgan fingerprint density at radius 2 is 1.74 bits per heavy atom. The molecule has 1 aliphatic rings. The molecule has 0 saturated heterocycles. The van der Waals surface area contributed by atoms with Crippen LogP contribution < -0.4 is 15.1 Å². The predicted octanol–water partition coefficient (Wildman–Crippen LogP) is 6.11. The Kier molecular flexibility index (Phi) is 6.89. The normalized spacial score (nSPS) is 18.3. The molecule has 2 atom stereocenters. The maximum absolute atomic E-state index is 10.9. The molecule has 2 unspecified atom stereocenters. The van der Waals surface area contributed by atoms with Crippen molar-refractivity contribution in [3.8, 4) is 17.1 Å². The minimum Gasteiger partial charge on any atom is -0.477 e. The van der Waals surface area contributed by atoms with Crippen LogP contribution in [0.25, 0.3) is 11.3 Å². The quantitative estimate of drug-likeness (QED) is 0.405. The zero-order chi connectivity index (χ0) is 24.5. The maximum Gasteiger partial charge on any atom is 0.279 e. The van der Waals surface area contributed by atoms with E-state index in [0.717, 1.165) is 35.1 Å². The van der Waals surface area contributed by atoms with Gasteiger partial charge >= 0.3 is 0 Å². The largest absolute Gasteiger partial charge is 0.477 e. The number of anilines is 1. The highest BCUT2D eigenvalue weighted by Crippen LogP contribution is 2.32. The van der Waals surface area contributed by atoms with Crippen LogP contribution in [0.2, 0.25) is 0 Å². The molecule has 7 nitrogen and oxygen atoms in total. The molecule has 0 radical (unpaired) electrons. The lowest BCUT2D eigenvalue weighted by molar-refractivity contribution is -0.273. The van der Waals surface area contributed by atoms with E-state index in [1.807, 2.05) is 50.2 Å². The molecular weight excluding hydrogens is 428 g/mol. The van der Waals surface area contributed by atoms with Crippen molar-refractivity contribution >= 4 is 11.6 Å². The molecule has 0 saturated carbocycles. The minimum absolute atomic E-state index is 0.0675. The van der Waals surface area contributed by atoms with Gasteiger partial charge in [-0.25, -0.2) is 4.98 Å². The number of hydrogen-bond donors (Lipinski definition) is 3. The summed E-state index contributed by atoms with van der Waals surface area (Å²) < 4.78 is 6.26. The van der Waals surface area contributed by atoms with E-state index in [0.29, 0.717) is 30.0 Å². The molecule has 3 N–H and O–H groups in total. The highest BCUT2D eigenvalue weighted by molar-refractivity contribution is 5.69. The molecule has 0 fully saturated rings. The number of nitrogens with zero attached hydrogens (tertiary/aromatic N) is 3. The van der Waals surface area contributed by atoms with Crippen LogP contribution in [0.4, 0.5) is 11.6 Å². The molecule has 0 amide bonds. The average Bonchev–Trinajstić information content (AvgIpc) is 2.75. The van der Waals surface area contributed by atoms with Crippen LogP contribution in [-0.4, -0.2) is 27.0 Å². The number of aromatic nitrogens is 2. The van der Waals surface area contributed by atoms with E-state index in [9.17, 15) is 10.4 Å². The van der Waals surface area contributed by atoms with E-state index in [2.05, 4.69) is 36.2 Å². The summed E-state index contributed by atoms with van der Waals surface area (Å²) in [5, 5.41) is 21.7. The second kappa shape index (κ2) is 9.70. The summed E-state index contributed by atoms with van der Waals surface area (Å²) in [6.07, 6.45) is 1.85. The molecule has 1 aromatic heterocycles. The number of nitrogens with one attached hydrogen (secondary N) is 1. The SMILES string of the molecule is Cc1cccc(C)c1-c1cc2nc(n1)N[N+](O)(O)c1cccc(c1)CC(C(C)CC(C)C)CO2. The summed E-state index contributed by atoms with van der Waals surface area (Å²) in [6.45, 7) is 11.3. The van der Waals surface area contributed by atoms with Gasteiger partial charge in [0, 0.05) is 23.8 Å². The molecular formula is C27H35N4O3+. The van der Waals surface area contributed by atoms with Gasteiger partial charge in [0.05, 0.1) is 17.2 Å². The highest BCUT2D eigenvalue weighted by atomic mass is 16.9. The second-order valence-corrected chi connectivity index (χ2v) is 9.95. The third-order valence-electron chi connectivity index (χ3n) is 6.56. The first-order valence-electron chi connectivity index (χ1n) is 11.9. The van der Waals surface area contributed by atoms with Gasteiger partial charge in [-0.2, -0.15) is 4.98 Å². The van der Waals surface area contributed by atoms with Crippen LogP contribution in [0.3, 0.4) is 0 Å². The summed E-state index contributed by atoms with van der Waals surface area (Å²) in [4.78, 5) is 7.52.